The third-order valence-electron chi connectivity index (χ3n) is 3.68. The second-order valence-corrected chi connectivity index (χ2v) is 5.91. The van der Waals surface area contributed by atoms with E-state index in [-0.39, 0.29) is 12.5 Å². The van der Waals surface area contributed by atoms with Crippen LogP contribution < -0.4 is 0 Å². The fourth-order valence-corrected chi connectivity index (χ4v) is 3.41. The molecule has 1 aromatic heterocycles. The van der Waals surface area contributed by atoms with E-state index in [0.717, 1.165) is 36.2 Å². The van der Waals surface area contributed by atoms with Crippen LogP contribution >= 0.6 is 11.3 Å². The van der Waals surface area contributed by atoms with Crippen molar-refractivity contribution in [1.82, 2.24) is 4.90 Å². The number of aliphatic hydroxyl groups is 1. The summed E-state index contributed by atoms with van der Waals surface area (Å²) in [4.78, 5) is 15.5. The van der Waals surface area contributed by atoms with E-state index in [9.17, 15) is 4.79 Å². The summed E-state index contributed by atoms with van der Waals surface area (Å²) in [6.07, 6.45) is 4.89. The number of carbonyl (C=O) groups is 1. The summed E-state index contributed by atoms with van der Waals surface area (Å²) in [5.74, 6) is 6.02. The van der Waals surface area contributed by atoms with E-state index < -0.39 is 0 Å². The largest absolute Gasteiger partial charge is 0.395 e. The van der Waals surface area contributed by atoms with Gasteiger partial charge in [-0.15, -0.1) is 11.3 Å². The van der Waals surface area contributed by atoms with E-state index in [0.29, 0.717) is 12.5 Å². The average molecular weight is 291 g/mol. The highest BCUT2D eigenvalue weighted by atomic mass is 32.1. The van der Waals surface area contributed by atoms with Crippen molar-refractivity contribution in [1.29, 1.82) is 0 Å². The molecule has 1 amide bonds. The summed E-state index contributed by atoms with van der Waals surface area (Å²) in [6, 6.07) is 2.27. The number of amides is 1. The second kappa shape index (κ2) is 7.47. The number of carbonyl (C=O) groups excluding carboxylic acids is 1. The van der Waals surface area contributed by atoms with Crippen molar-refractivity contribution in [2.24, 2.45) is 0 Å². The molecule has 0 bridgehead atoms. The van der Waals surface area contributed by atoms with Gasteiger partial charge in [-0.3, -0.25) is 4.79 Å². The lowest BCUT2D eigenvalue weighted by Crippen LogP contribution is -2.43. The monoisotopic (exact) mass is 291 g/mol. The zero-order valence-corrected chi connectivity index (χ0v) is 12.7. The van der Waals surface area contributed by atoms with Crippen molar-refractivity contribution in [2.75, 3.05) is 13.2 Å². The molecular formula is C16H21NO2S. The first kappa shape index (κ1) is 15.1. The fraction of sp³-hybridized carbons (Fsp3) is 0.562. The summed E-state index contributed by atoms with van der Waals surface area (Å²) in [6.45, 7) is 3.07. The van der Waals surface area contributed by atoms with Crippen LogP contribution in [0.1, 0.15) is 54.3 Å². The van der Waals surface area contributed by atoms with Gasteiger partial charge in [-0.2, -0.15) is 0 Å². The lowest BCUT2D eigenvalue weighted by Gasteiger charge is -2.35. The molecule has 108 valence electrons. The predicted octanol–water partition coefficient (Wildman–Crippen LogP) is 2.89. The zero-order chi connectivity index (χ0) is 14.4. The number of rotatable bonds is 3. The van der Waals surface area contributed by atoms with Gasteiger partial charge >= 0.3 is 0 Å². The molecule has 1 aliphatic heterocycles. The van der Waals surface area contributed by atoms with E-state index in [2.05, 4.69) is 18.8 Å². The van der Waals surface area contributed by atoms with Gasteiger partial charge in [0.05, 0.1) is 6.61 Å². The smallest absolute Gasteiger partial charge is 0.265 e. The van der Waals surface area contributed by atoms with Gasteiger partial charge in [0.25, 0.3) is 5.91 Å². The van der Waals surface area contributed by atoms with Crippen molar-refractivity contribution in [3.8, 4) is 11.8 Å². The Labute approximate surface area is 124 Å². The first-order valence-corrected chi connectivity index (χ1v) is 8.14. The lowest BCUT2D eigenvalue weighted by atomic mass is 9.99. The third kappa shape index (κ3) is 3.41. The van der Waals surface area contributed by atoms with Gasteiger partial charge in [-0.25, -0.2) is 0 Å². The van der Waals surface area contributed by atoms with E-state index >= 15 is 0 Å². The quantitative estimate of drug-likeness (QED) is 0.870. The van der Waals surface area contributed by atoms with Crippen LogP contribution in [0.3, 0.4) is 0 Å². The molecule has 1 fully saturated rings. The summed E-state index contributed by atoms with van der Waals surface area (Å²) >= 11 is 1.47. The maximum atomic E-state index is 12.7. The third-order valence-corrected chi connectivity index (χ3v) is 4.58. The van der Waals surface area contributed by atoms with Crippen LogP contribution in [0.15, 0.2) is 11.4 Å². The number of nitrogens with zero attached hydrogens (tertiary/aromatic N) is 1. The molecule has 2 rings (SSSR count). The van der Waals surface area contributed by atoms with Crippen LogP contribution in [-0.2, 0) is 0 Å². The molecule has 1 N–H and O–H groups in total. The summed E-state index contributed by atoms with van der Waals surface area (Å²) in [5, 5.41) is 10.7. The standard InChI is InChI=1S/C16H21NO2S/c1-2-14-8-3-5-10-17(14)16(19)15-13(9-12-20-15)7-4-6-11-18/h9,12,14,18H,2-3,5-6,8,10-11H2,1H3. The van der Waals surface area contributed by atoms with Crippen molar-refractivity contribution >= 4 is 17.2 Å². The van der Waals surface area contributed by atoms with Gasteiger partial charge in [0, 0.05) is 24.6 Å². The highest BCUT2D eigenvalue weighted by Crippen LogP contribution is 2.25. The number of likely N-dealkylation sites (tertiary alicyclic amines) is 1. The normalized spacial score (nSPS) is 18.5. The van der Waals surface area contributed by atoms with E-state index in [1.54, 1.807) is 0 Å². The molecule has 1 aromatic rings. The molecule has 0 saturated carbocycles. The maximum Gasteiger partial charge on any atom is 0.265 e. The Morgan fingerprint density at radius 1 is 1.55 bits per heavy atom. The van der Waals surface area contributed by atoms with Crippen LogP contribution in [0.2, 0.25) is 0 Å². The molecule has 0 aliphatic carbocycles. The molecular weight excluding hydrogens is 270 g/mol. The molecule has 0 radical (unpaired) electrons. The van der Waals surface area contributed by atoms with Crippen molar-refractivity contribution in [2.45, 2.75) is 45.1 Å². The number of thiophene rings is 1. The van der Waals surface area contributed by atoms with Crippen molar-refractivity contribution in [3.63, 3.8) is 0 Å². The van der Waals surface area contributed by atoms with Crippen LogP contribution in [0.4, 0.5) is 0 Å². The zero-order valence-electron chi connectivity index (χ0n) is 11.9. The topological polar surface area (TPSA) is 40.5 Å². The van der Waals surface area contributed by atoms with Gasteiger partial charge in [0.15, 0.2) is 0 Å². The van der Waals surface area contributed by atoms with Crippen LogP contribution in [0, 0.1) is 11.8 Å². The summed E-state index contributed by atoms with van der Waals surface area (Å²) < 4.78 is 0. The average Bonchev–Trinajstić information content (AvgIpc) is 2.95. The number of piperidine rings is 1. The van der Waals surface area contributed by atoms with Gasteiger partial charge in [0.1, 0.15) is 4.88 Å². The molecule has 1 aliphatic rings. The first-order chi connectivity index (χ1) is 9.77. The van der Waals surface area contributed by atoms with Gasteiger partial charge in [-0.05, 0) is 37.1 Å². The highest BCUT2D eigenvalue weighted by Gasteiger charge is 2.27. The van der Waals surface area contributed by atoms with Crippen LogP contribution in [-0.4, -0.2) is 35.1 Å². The first-order valence-electron chi connectivity index (χ1n) is 7.26. The molecule has 1 saturated heterocycles. The maximum absolute atomic E-state index is 12.7. The summed E-state index contributed by atoms with van der Waals surface area (Å²) in [5.41, 5.74) is 0.800. The van der Waals surface area contributed by atoms with Crippen molar-refractivity contribution < 1.29 is 9.90 Å². The van der Waals surface area contributed by atoms with Gasteiger partial charge in [0.2, 0.25) is 0 Å². The molecule has 20 heavy (non-hydrogen) atoms. The second-order valence-electron chi connectivity index (χ2n) is 5.00. The van der Waals surface area contributed by atoms with Crippen LogP contribution in [0.25, 0.3) is 0 Å². The molecule has 1 unspecified atom stereocenters. The fourth-order valence-electron chi connectivity index (χ4n) is 2.61. The number of hydrogen-bond acceptors (Lipinski definition) is 3. The van der Waals surface area contributed by atoms with Gasteiger partial charge < -0.3 is 10.0 Å². The minimum Gasteiger partial charge on any atom is -0.395 e. The van der Waals surface area contributed by atoms with Crippen molar-refractivity contribution in [3.05, 3.63) is 21.9 Å². The number of hydrogen-bond donors (Lipinski definition) is 1. The summed E-state index contributed by atoms with van der Waals surface area (Å²) in [7, 11) is 0. The molecule has 0 aromatic carbocycles. The molecule has 2 heterocycles. The lowest BCUT2D eigenvalue weighted by molar-refractivity contribution is 0.0613. The molecule has 4 heteroatoms. The Bertz CT molecular complexity index is 512. The Hall–Kier alpha value is -1.31. The molecule has 1 atom stereocenters. The Balaban J connectivity index is 2.17. The minimum atomic E-state index is 0.0600. The molecule has 0 spiro atoms. The predicted molar refractivity (Wildman–Crippen MR) is 81.9 cm³/mol. The van der Waals surface area contributed by atoms with E-state index in [1.165, 1.54) is 17.8 Å². The number of aliphatic hydroxyl groups excluding tert-OH is 1. The minimum absolute atomic E-state index is 0.0600. The van der Waals surface area contributed by atoms with E-state index in [1.807, 2.05) is 16.3 Å². The van der Waals surface area contributed by atoms with Crippen LogP contribution in [0.5, 0.6) is 0 Å². The Morgan fingerprint density at radius 3 is 3.15 bits per heavy atom. The Kier molecular flexibility index (Phi) is 5.63. The van der Waals surface area contributed by atoms with E-state index in [4.69, 9.17) is 5.11 Å². The highest BCUT2D eigenvalue weighted by molar-refractivity contribution is 7.12. The Morgan fingerprint density at radius 2 is 2.40 bits per heavy atom. The van der Waals surface area contributed by atoms with Gasteiger partial charge in [-0.1, -0.05) is 18.8 Å². The molecule has 3 nitrogen and oxygen atoms in total. The SMILES string of the molecule is CCC1CCCCN1C(=O)c1sccc1C#CCCO.